The molecule has 0 saturated carbocycles. The molecular weight excluding hydrogens is 316 g/mol. The van der Waals surface area contributed by atoms with E-state index >= 15 is 0 Å². The van der Waals surface area contributed by atoms with Crippen molar-refractivity contribution in [2.75, 3.05) is 19.6 Å². The van der Waals surface area contributed by atoms with Crippen molar-refractivity contribution < 1.29 is 0 Å². The summed E-state index contributed by atoms with van der Waals surface area (Å²) in [6.45, 7) is 7.04. The first kappa shape index (κ1) is 17.4. The molecule has 0 amide bonds. The van der Waals surface area contributed by atoms with E-state index in [1.807, 2.05) is 0 Å². The van der Waals surface area contributed by atoms with Crippen molar-refractivity contribution in [2.24, 2.45) is 0 Å². The van der Waals surface area contributed by atoms with Crippen LogP contribution in [0.3, 0.4) is 0 Å². The number of aromatic nitrogens is 1. The van der Waals surface area contributed by atoms with Gasteiger partial charge in [0.1, 0.15) is 0 Å². The summed E-state index contributed by atoms with van der Waals surface area (Å²) in [5.41, 5.74) is 4.33. The Morgan fingerprint density at radius 2 is 1.73 bits per heavy atom. The Kier molecular flexibility index (Phi) is 5.40. The number of benzene rings is 2. The molecule has 1 aliphatic rings. The molecule has 2 heteroatoms. The lowest BCUT2D eigenvalue weighted by Gasteiger charge is -2.32. The lowest BCUT2D eigenvalue weighted by atomic mass is 9.89. The standard InChI is InChI=1S/C24H30N2/c1-2-20-9-10-24-23(19-20)13-18-26(24)15-6-14-25-16-11-22(12-17-25)21-7-4-3-5-8-21/h3-5,7-10,13,18-19,22H,2,6,11-12,14-17H2,1H3. The van der Waals surface area contributed by atoms with Gasteiger partial charge in [-0.05, 0) is 85.9 Å². The third kappa shape index (κ3) is 3.86. The zero-order valence-corrected chi connectivity index (χ0v) is 15.9. The molecule has 4 rings (SSSR count). The first-order valence-electron chi connectivity index (χ1n) is 10.2. The summed E-state index contributed by atoms with van der Waals surface area (Å²) in [5.74, 6) is 0.758. The Morgan fingerprint density at radius 3 is 2.50 bits per heavy atom. The highest BCUT2D eigenvalue weighted by Crippen LogP contribution is 2.27. The van der Waals surface area contributed by atoms with Gasteiger partial charge in [0.15, 0.2) is 0 Å². The monoisotopic (exact) mass is 346 g/mol. The van der Waals surface area contributed by atoms with E-state index in [0.717, 1.165) is 18.9 Å². The SMILES string of the molecule is CCc1ccc2c(ccn2CCCN2CCC(c3ccccc3)CC2)c1. The van der Waals surface area contributed by atoms with Crippen molar-refractivity contribution in [1.29, 1.82) is 0 Å². The predicted molar refractivity (Wildman–Crippen MR) is 111 cm³/mol. The van der Waals surface area contributed by atoms with Crippen LogP contribution in [0.5, 0.6) is 0 Å². The van der Waals surface area contributed by atoms with Gasteiger partial charge in [-0.3, -0.25) is 0 Å². The molecule has 136 valence electrons. The molecule has 0 N–H and O–H groups in total. The minimum atomic E-state index is 0.758. The second kappa shape index (κ2) is 8.09. The maximum atomic E-state index is 2.65. The van der Waals surface area contributed by atoms with Crippen LogP contribution in [-0.2, 0) is 13.0 Å². The zero-order valence-electron chi connectivity index (χ0n) is 15.9. The Labute approximate surface area is 157 Å². The van der Waals surface area contributed by atoms with Gasteiger partial charge in [0.25, 0.3) is 0 Å². The first-order chi connectivity index (χ1) is 12.8. The number of hydrogen-bond acceptors (Lipinski definition) is 1. The third-order valence-corrected chi connectivity index (χ3v) is 5.98. The summed E-state index contributed by atoms with van der Waals surface area (Å²) in [6, 6.07) is 20.2. The number of hydrogen-bond donors (Lipinski definition) is 0. The molecule has 0 unspecified atom stereocenters. The van der Waals surface area contributed by atoms with E-state index in [-0.39, 0.29) is 0 Å². The van der Waals surface area contributed by atoms with Crippen LogP contribution in [0.25, 0.3) is 10.9 Å². The van der Waals surface area contributed by atoms with E-state index < -0.39 is 0 Å². The summed E-state index contributed by atoms with van der Waals surface area (Å²) in [7, 11) is 0. The van der Waals surface area contributed by atoms with Gasteiger partial charge < -0.3 is 9.47 Å². The summed E-state index contributed by atoms with van der Waals surface area (Å²) < 4.78 is 2.42. The Bertz CT molecular complexity index is 826. The van der Waals surface area contributed by atoms with Crippen LogP contribution in [-0.4, -0.2) is 29.1 Å². The van der Waals surface area contributed by atoms with Gasteiger partial charge in [-0.25, -0.2) is 0 Å². The molecule has 1 fully saturated rings. The first-order valence-corrected chi connectivity index (χ1v) is 10.2. The fraction of sp³-hybridized carbons (Fsp3) is 0.417. The Hall–Kier alpha value is -2.06. The van der Waals surface area contributed by atoms with Gasteiger partial charge in [-0.1, -0.05) is 43.3 Å². The second-order valence-electron chi connectivity index (χ2n) is 7.64. The zero-order chi connectivity index (χ0) is 17.8. The molecular formula is C24H30N2. The van der Waals surface area contributed by atoms with Gasteiger partial charge in [0.2, 0.25) is 0 Å². The quantitative estimate of drug-likeness (QED) is 0.574. The van der Waals surface area contributed by atoms with Crippen molar-refractivity contribution in [3.63, 3.8) is 0 Å². The van der Waals surface area contributed by atoms with Crippen molar-refractivity contribution in [3.8, 4) is 0 Å². The summed E-state index contributed by atoms with van der Waals surface area (Å²) >= 11 is 0. The van der Waals surface area contributed by atoms with Crippen LogP contribution in [0.15, 0.2) is 60.8 Å². The van der Waals surface area contributed by atoms with Crippen molar-refractivity contribution in [2.45, 2.75) is 45.1 Å². The molecule has 2 heterocycles. The molecule has 0 bridgehead atoms. The van der Waals surface area contributed by atoms with Crippen molar-refractivity contribution in [3.05, 3.63) is 71.9 Å². The van der Waals surface area contributed by atoms with Crippen molar-refractivity contribution in [1.82, 2.24) is 9.47 Å². The minimum Gasteiger partial charge on any atom is -0.347 e. The predicted octanol–water partition coefficient (Wildman–Crippen LogP) is 5.47. The fourth-order valence-corrected chi connectivity index (χ4v) is 4.34. The minimum absolute atomic E-state index is 0.758. The van der Waals surface area contributed by atoms with Gasteiger partial charge in [-0.15, -0.1) is 0 Å². The molecule has 26 heavy (non-hydrogen) atoms. The number of nitrogens with zero attached hydrogens (tertiary/aromatic N) is 2. The van der Waals surface area contributed by atoms with Gasteiger partial charge >= 0.3 is 0 Å². The molecule has 2 aromatic carbocycles. The van der Waals surface area contributed by atoms with Crippen LogP contribution >= 0.6 is 0 Å². The van der Waals surface area contributed by atoms with Crippen LogP contribution in [0.2, 0.25) is 0 Å². The molecule has 2 nitrogen and oxygen atoms in total. The highest BCUT2D eigenvalue weighted by Gasteiger charge is 2.19. The maximum Gasteiger partial charge on any atom is 0.0480 e. The Morgan fingerprint density at radius 1 is 0.923 bits per heavy atom. The average Bonchev–Trinajstić information content (AvgIpc) is 3.11. The maximum absolute atomic E-state index is 2.65. The molecule has 1 aromatic heterocycles. The number of rotatable bonds is 6. The molecule has 0 radical (unpaired) electrons. The molecule has 0 spiro atoms. The van der Waals surface area contributed by atoms with E-state index in [0.29, 0.717) is 0 Å². The number of fused-ring (bicyclic) bond motifs is 1. The van der Waals surface area contributed by atoms with E-state index in [2.05, 4.69) is 77.2 Å². The molecule has 0 aliphatic carbocycles. The largest absolute Gasteiger partial charge is 0.347 e. The summed E-state index contributed by atoms with van der Waals surface area (Å²) in [4.78, 5) is 2.65. The van der Waals surface area contributed by atoms with E-state index in [4.69, 9.17) is 0 Å². The lowest BCUT2D eigenvalue weighted by Crippen LogP contribution is -2.34. The summed E-state index contributed by atoms with van der Waals surface area (Å²) in [5, 5.41) is 1.38. The van der Waals surface area contributed by atoms with Crippen LogP contribution in [0, 0.1) is 0 Å². The number of aryl methyl sites for hydroxylation is 2. The van der Waals surface area contributed by atoms with Gasteiger partial charge in [0, 0.05) is 18.3 Å². The number of piperidine rings is 1. The van der Waals surface area contributed by atoms with E-state index in [1.165, 1.54) is 60.9 Å². The normalized spacial score (nSPS) is 16.3. The lowest BCUT2D eigenvalue weighted by molar-refractivity contribution is 0.207. The molecule has 3 aromatic rings. The molecule has 1 saturated heterocycles. The highest BCUT2D eigenvalue weighted by atomic mass is 15.1. The van der Waals surface area contributed by atoms with Gasteiger partial charge in [0.05, 0.1) is 0 Å². The topological polar surface area (TPSA) is 8.17 Å². The molecule has 0 atom stereocenters. The average molecular weight is 347 g/mol. The van der Waals surface area contributed by atoms with Crippen LogP contribution in [0.1, 0.15) is 43.2 Å². The Balaban J connectivity index is 1.27. The third-order valence-electron chi connectivity index (χ3n) is 5.98. The molecule has 1 aliphatic heterocycles. The van der Waals surface area contributed by atoms with Crippen LogP contribution < -0.4 is 0 Å². The summed E-state index contributed by atoms with van der Waals surface area (Å²) in [6.07, 6.45) is 7.20. The fourth-order valence-electron chi connectivity index (χ4n) is 4.34. The second-order valence-corrected chi connectivity index (χ2v) is 7.64. The smallest absolute Gasteiger partial charge is 0.0480 e. The number of likely N-dealkylation sites (tertiary alicyclic amines) is 1. The van der Waals surface area contributed by atoms with E-state index in [9.17, 15) is 0 Å². The van der Waals surface area contributed by atoms with Crippen LogP contribution in [0.4, 0.5) is 0 Å². The van der Waals surface area contributed by atoms with E-state index in [1.54, 1.807) is 0 Å². The van der Waals surface area contributed by atoms with Gasteiger partial charge in [-0.2, -0.15) is 0 Å². The highest BCUT2D eigenvalue weighted by molar-refractivity contribution is 5.80. The van der Waals surface area contributed by atoms with Crippen molar-refractivity contribution >= 4 is 10.9 Å².